The number of hydrogen-bond donors (Lipinski definition) is 3. The molecule has 2 heterocycles. The van der Waals surface area contributed by atoms with Crippen LogP contribution in [0, 0.1) is 0 Å². The zero-order chi connectivity index (χ0) is 25.0. The highest BCUT2D eigenvalue weighted by Gasteiger charge is 2.39. The van der Waals surface area contributed by atoms with Gasteiger partial charge in [0.2, 0.25) is 11.8 Å². The minimum absolute atomic E-state index is 0.205. The van der Waals surface area contributed by atoms with E-state index in [9.17, 15) is 19.2 Å². The third kappa shape index (κ3) is 7.99. The molecule has 1 aromatic rings. The monoisotopic (exact) mass is 493 g/mol. The first-order valence-corrected chi connectivity index (χ1v) is 11.5. The van der Waals surface area contributed by atoms with E-state index in [-0.39, 0.29) is 31.4 Å². The van der Waals surface area contributed by atoms with E-state index in [1.54, 1.807) is 12.1 Å². The van der Waals surface area contributed by atoms with Crippen LogP contribution in [0.3, 0.4) is 0 Å². The number of carboxylic acid groups (broad SMARTS) is 1. The molecule has 3 N–H and O–H groups in total. The lowest BCUT2D eigenvalue weighted by Gasteiger charge is -2.29. The normalized spacial score (nSPS) is 17.4. The van der Waals surface area contributed by atoms with Gasteiger partial charge in [0, 0.05) is 36.3 Å². The molecule has 0 radical (unpaired) electrons. The fourth-order valence-electron chi connectivity index (χ4n) is 3.83. The first-order chi connectivity index (χ1) is 17.0. The van der Waals surface area contributed by atoms with Gasteiger partial charge in [-0.2, -0.15) is 0 Å². The van der Waals surface area contributed by atoms with Crippen molar-refractivity contribution in [1.29, 1.82) is 0 Å². The van der Waals surface area contributed by atoms with E-state index in [0.29, 0.717) is 64.7 Å². The lowest BCUT2D eigenvalue weighted by Crippen LogP contribution is -2.52. The summed E-state index contributed by atoms with van der Waals surface area (Å²) in [4.78, 5) is 48.3. The summed E-state index contributed by atoms with van der Waals surface area (Å²) < 4.78 is 21.0. The van der Waals surface area contributed by atoms with Crippen LogP contribution in [0.25, 0.3) is 0 Å². The maximum Gasteiger partial charge on any atom is 0.329 e. The molecule has 1 fully saturated rings. The summed E-state index contributed by atoms with van der Waals surface area (Å²) in [5.74, 6) is -1.95. The van der Waals surface area contributed by atoms with Crippen molar-refractivity contribution in [3.8, 4) is 0 Å². The van der Waals surface area contributed by atoms with Gasteiger partial charge in [0.15, 0.2) is 0 Å². The number of carboxylic acids is 1. The van der Waals surface area contributed by atoms with Crippen LogP contribution in [0.2, 0.25) is 0 Å². The number of amides is 3. The minimum Gasteiger partial charge on any atom is -0.480 e. The number of carbonyl (C=O) groups excluding carboxylic acids is 3. The number of nitrogens with zero attached hydrogens (tertiary/aromatic N) is 1. The molecule has 3 rings (SSSR count). The smallest absolute Gasteiger partial charge is 0.329 e. The van der Waals surface area contributed by atoms with Gasteiger partial charge in [-0.1, -0.05) is 6.07 Å². The molecular formula is C23H31N3O9. The number of benzene rings is 1. The van der Waals surface area contributed by atoms with Crippen molar-refractivity contribution in [3.05, 3.63) is 29.3 Å². The largest absolute Gasteiger partial charge is 0.480 e. The average Bonchev–Trinajstić information content (AvgIpc) is 3.16. The minimum atomic E-state index is -1.01. The second kappa shape index (κ2) is 13.7. The first-order valence-electron chi connectivity index (χ1n) is 11.5. The van der Waals surface area contributed by atoms with Crippen LogP contribution in [0.15, 0.2) is 18.2 Å². The molecule has 0 aromatic heterocycles. The molecular weight excluding hydrogens is 462 g/mol. The Kier molecular flexibility index (Phi) is 10.4. The Balaban J connectivity index is 1.28. The van der Waals surface area contributed by atoms with Gasteiger partial charge in [-0.05, 0) is 18.6 Å². The fourth-order valence-corrected chi connectivity index (χ4v) is 3.83. The Morgan fingerprint density at radius 3 is 2.31 bits per heavy atom. The quantitative estimate of drug-likeness (QED) is 0.212. The van der Waals surface area contributed by atoms with Gasteiger partial charge in [0.05, 0.1) is 46.2 Å². The summed E-state index contributed by atoms with van der Waals surface area (Å²) in [6.45, 7) is 3.07. The molecule has 12 nitrogen and oxygen atoms in total. The molecule has 0 bridgehead atoms. The molecule has 1 aromatic carbocycles. The second-order valence-electron chi connectivity index (χ2n) is 7.94. The van der Waals surface area contributed by atoms with Crippen LogP contribution in [-0.2, 0) is 39.9 Å². The number of piperidine rings is 1. The van der Waals surface area contributed by atoms with Gasteiger partial charge < -0.3 is 34.3 Å². The van der Waals surface area contributed by atoms with Crippen molar-refractivity contribution in [2.24, 2.45) is 0 Å². The number of imide groups is 1. The number of anilines is 1. The van der Waals surface area contributed by atoms with Crippen molar-refractivity contribution in [2.75, 3.05) is 64.7 Å². The second-order valence-corrected chi connectivity index (χ2v) is 7.94. The van der Waals surface area contributed by atoms with Crippen LogP contribution < -0.4 is 10.6 Å². The summed E-state index contributed by atoms with van der Waals surface area (Å²) in [5, 5.41) is 14.0. The predicted molar refractivity (Wildman–Crippen MR) is 122 cm³/mol. The van der Waals surface area contributed by atoms with E-state index < -0.39 is 17.9 Å². The third-order valence-electron chi connectivity index (χ3n) is 5.49. The van der Waals surface area contributed by atoms with Crippen LogP contribution in [-0.4, -0.2) is 99.1 Å². The highest BCUT2D eigenvalue weighted by molar-refractivity contribution is 6.06. The molecule has 35 heavy (non-hydrogen) atoms. The number of fused-ring (bicyclic) bond motifs is 1. The van der Waals surface area contributed by atoms with Crippen molar-refractivity contribution < 1.29 is 43.2 Å². The van der Waals surface area contributed by atoms with Gasteiger partial charge in [0.25, 0.3) is 5.91 Å². The summed E-state index contributed by atoms with van der Waals surface area (Å²) >= 11 is 0. The van der Waals surface area contributed by atoms with Crippen LogP contribution in [0.4, 0.5) is 5.69 Å². The van der Waals surface area contributed by atoms with Crippen molar-refractivity contribution in [2.45, 2.75) is 25.4 Å². The maximum absolute atomic E-state index is 12.8. The molecule has 3 amide bonds. The number of carbonyl (C=O) groups is 4. The molecule has 192 valence electrons. The Morgan fingerprint density at radius 1 is 1.00 bits per heavy atom. The van der Waals surface area contributed by atoms with E-state index >= 15 is 0 Å². The van der Waals surface area contributed by atoms with Crippen LogP contribution in [0.5, 0.6) is 0 Å². The lowest BCUT2D eigenvalue weighted by atomic mass is 10.0. The van der Waals surface area contributed by atoms with Gasteiger partial charge in [-0.15, -0.1) is 0 Å². The topological polar surface area (TPSA) is 153 Å². The molecule has 2 aliphatic heterocycles. The average molecular weight is 494 g/mol. The molecule has 12 heteroatoms. The standard InChI is InChI=1S/C23H31N3O9/c27-20-5-4-19(22(30)25-20)26-14-17-16(23(26)31)2-1-3-18(17)24-6-7-32-8-9-33-10-11-34-12-13-35-15-21(28)29/h1-3,19,24H,4-15H2,(H,28,29)(H,25,27,30). The van der Waals surface area contributed by atoms with Gasteiger partial charge in [-0.3, -0.25) is 19.7 Å². The number of aliphatic carboxylic acids is 1. The molecule has 2 aliphatic rings. The van der Waals surface area contributed by atoms with E-state index in [0.717, 1.165) is 11.3 Å². The van der Waals surface area contributed by atoms with E-state index in [1.165, 1.54) is 4.90 Å². The summed E-state index contributed by atoms with van der Waals surface area (Å²) in [7, 11) is 0. The van der Waals surface area contributed by atoms with E-state index in [2.05, 4.69) is 10.6 Å². The molecule has 1 atom stereocenters. The molecule has 1 saturated heterocycles. The van der Waals surface area contributed by atoms with Crippen LogP contribution >= 0.6 is 0 Å². The lowest BCUT2D eigenvalue weighted by molar-refractivity contribution is -0.143. The van der Waals surface area contributed by atoms with E-state index in [4.69, 9.17) is 24.1 Å². The van der Waals surface area contributed by atoms with Crippen molar-refractivity contribution >= 4 is 29.4 Å². The first kappa shape index (κ1) is 26.5. The molecule has 0 saturated carbocycles. The van der Waals surface area contributed by atoms with Gasteiger partial charge >= 0.3 is 5.97 Å². The Morgan fingerprint density at radius 2 is 1.66 bits per heavy atom. The number of hydrogen-bond acceptors (Lipinski definition) is 9. The molecule has 0 aliphatic carbocycles. The molecule has 1 unspecified atom stereocenters. The summed E-state index contributed by atoms with van der Waals surface area (Å²) in [6.07, 6.45) is 0.551. The Labute approximate surface area is 202 Å². The SMILES string of the molecule is O=C(O)COCCOCCOCCOCCNc1cccc2c1CN(C1CCC(=O)NC1=O)C2=O. The summed E-state index contributed by atoms with van der Waals surface area (Å²) in [5.41, 5.74) is 2.21. The highest BCUT2D eigenvalue weighted by atomic mass is 16.6. The number of ether oxygens (including phenoxy) is 4. The van der Waals surface area contributed by atoms with Crippen molar-refractivity contribution in [1.82, 2.24) is 10.2 Å². The highest BCUT2D eigenvalue weighted by Crippen LogP contribution is 2.32. The van der Waals surface area contributed by atoms with Crippen molar-refractivity contribution in [3.63, 3.8) is 0 Å². The number of rotatable bonds is 16. The summed E-state index contributed by atoms with van der Waals surface area (Å²) in [6, 6.07) is 4.78. The zero-order valence-electron chi connectivity index (χ0n) is 19.5. The molecule has 0 spiro atoms. The van der Waals surface area contributed by atoms with Crippen LogP contribution in [0.1, 0.15) is 28.8 Å². The third-order valence-corrected chi connectivity index (χ3v) is 5.49. The van der Waals surface area contributed by atoms with Gasteiger partial charge in [0.1, 0.15) is 12.6 Å². The van der Waals surface area contributed by atoms with E-state index in [1.807, 2.05) is 6.07 Å². The Bertz CT molecular complexity index is 908. The zero-order valence-corrected chi connectivity index (χ0v) is 19.5. The predicted octanol–water partition coefficient (Wildman–Crippen LogP) is 0.0105. The number of nitrogens with one attached hydrogen (secondary N) is 2. The fraction of sp³-hybridized carbons (Fsp3) is 0.565. The Hall–Kier alpha value is -3.06. The maximum atomic E-state index is 12.8. The van der Waals surface area contributed by atoms with Gasteiger partial charge in [-0.25, -0.2) is 4.79 Å².